The molecule has 0 amide bonds. The van der Waals surface area contributed by atoms with E-state index >= 15 is 0 Å². The van der Waals surface area contributed by atoms with Crippen LogP contribution in [0.4, 0.5) is 4.39 Å². The lowest BCUT2D eigenvalue weighted by molar-refractivity contribution is 0.507. The van der Waals surface area contributed by atoms with Gasteiger partial charge in [-0.25, -0.2) is 4.39 Å². The predicted molar refractivity (Wildman–Crippen MR) is 78.5 cm³/mol. The van der Waals surface area contributed by atoms with Crippen molar-refractivity contribution in [1.82, 2.24) is 5.32 Å². The molecule has 0 radical (unpaired) electrons. The molecule has 1 N–H and O–H groups in total. The molecule has 0 spiro atoms. The normalized spacial score (nSPS) is 12.6. The van der Waals surface area contributed by atoms with Crippen LogP contribution >= 0.6 is 27.3 Å². The van der Waals surface area contributed by atoms with Crippen molar-refractivity contribution in [1.29, 1.82) is 0 Å². The number of thiophene rings is 1. The van der Waals surface area contributed by atoms with Crippen molar-refractivity contribution in [2.24, 2.45) is 0 Å². The van der Waals surface area contributed by atoms with E-state index in [-0.39, 0.29) is 11.9 Å². The van der Waals surface area contributed by atoms with Gasteiger partial charge in [0.1, 0.15) is 5.82 Å². The molecule has 0 bridgehead atoms. The Labute approximate surface area is 119 Å². The van der Waals surface area contributed by atoms with Gasteiger partial charge in [0.05, 0.1) is 0 Å². The third kappa shape index (κ3) is 3.19. The number of rotatable bonds is 5. The molecule has 96 valence electrons. The van der Waals surface area contributed by atoms with Crippen LogP contribution in [0, 0.1) is 5.82 Å². The molecular weight excluding hydrogens is 313 g/mol. The van der Waals surface area contributed by atoms with Crippen LogP contribution in [0.15, 0.2) is 40.2 Å². The van der Waals surface area contributed by atoms with Crippen LogP contribution in [-0.4, -0.2) is 7.05 Å². The van der Waals surface area contributed by atoms with Crippen LogP contribution in [0.25, 0.3) is 0 Å². The van der Waals surface area contributed by atoms with Crippen LogP contribution in [0.3, 0.4) is 0 Å². The molecule has 0 aliphatic heterocycles. The number of hydrogen-bond donors (Lipinski definition) is 1. The first kappa shape index (κ1) is 13.7. The molecule has 4 heteroatoms. The summed E-state index contributed by atoms with van der Waals surface area (Å²) < 4.78 is 14.7. The summed E-state index contributed by atoms with van der Waals surface area (Å²) in [6, 6.07) is 9.31. The minimum Gasteiger partial charge on any atom is -0.313 e. The second kappa shape index (κ2) is 6.45. The standard InChI is InChI=1S/C14H15BrFNS/c1-17-13(8-7-10-4-3-9-18-10)14-11(15)5-2-6-12(14)16/h2-6,9,13,17H,7-8H2,1H3. The van der Waals surface area contributed by atoms with Gasteiger partial charge >= 0.3 is 0 Å². The third-order valence-electron chi connectivity index (χ3n) is 2.96. The molecule has 2 aromatic rings. The fourth-order valence-electron chi connectivity index (χ4n) is 2.02. The van der Waals surface area contributed by atoms with Crippen molar-refractivity contribution < 1.29 is 4.39 Å². The first-order valence-corrected chi connectivity index (χ1v) is 7.53. The topological polar surface area (TPSA) is 12.0 Å². The molecule has 1 heterocycles. The summed E-state index contributed by atoms with van der Waals surface area (Å²) in [7, 11) is 1.87. The second-order valence-corrected chi connectivity index (χ2v) is 5.98. The highest BCUT2D eigenvalue weighted by Gasteiger charge is 2.17. The summed E-state index contributed by atoms with van der Waals surface area (Å²) in [5, 5.41) is 5.27. The van der Waals surface area contributed by atoms with Gasteiger partial charge in [-0.1, -0.05) is 28.1 Å². The summed E-state index contributed by atoms with van der Waals surface area (Å²) in [5.41, 5.74) is 0.719. The van der Waals surface area contributed by atoms with Gasteiger partial charge in [-0.2, -0.15) is 0 Å². The quantitative estimate of drug-likeness (QED) is 0.849. The van der Waals surface area contributed by atoms with E-state index < -0.39 is 0 Å². The Morgan fingerprint density at radius 1 is 1.33 bits per heavy atom. The molecule has 0 fully saturated rings. The molecule has 1 nitrogen and oxygen atoms in total. The molecule has 1 aromatic carbocycles. The van der Waals surface area contributed by atoms with E-state index in [1.54, 1.807) is 17.4 Å². The first-order chi connectivity index (χ1) is 8.72. The molecule has 1 aromatic heterocycles. The van der Waals surface area contributed by atoms with Gasteiger partial charge < -0.3 is 5.32 Å². The van der Waals surface area contributed by atoms with E-state index in [1.165, 1.54) is 10.9 Å². The summed E-state index contributed by atoms with van der Waals surface area (Å²) >= 11 is 5.18. The maximum atomic E-state index is 13.9. The maximum Gasteiger partial charge on any atom is 0.129 e. The molecule has 1 atom stereocenters. The van der Waals surface area contributed by atoms with E-state index in [0.717, 1.165) is 22.9 Å². The van der Waals surface area contributed by atoms with Crippen molar-refractivity contribution in [2.75, 3.05) is 7.05 Å². The zero-order chi connectivity index (χ0) is 13.0. The average Bonchev–Trinajstić information content (AvgIpc) is 2.86. The Kier molecular flexibility index (Phi) is 4.92. The van der Waals surface area contributed by atoms with Gasteiger partial charge in [-0.3, -0.25) is 0 Å². The molecule has 0 saturated heterocycles. The van der Waals surface area contributed by atoms with Crippen LogP contribution in [0.5, 0.6) is 0 Å². The van der Waals surface area contributed by atoms with E-state index in [0.29, 0.717) is 0 Å². The van der Waals surface area contributed by atoms with Gasteiger partial charge in [0.25, 0.3) is 0 Å². The summed E-state index contributed by atoms with van der Waals surface area (Å²) in [6.45, 7) is 0. The number of benzene rings is 1. The highest BCUT2D eigenvalue weighted by atomic mass is 79.9. The van der Waals surface area contributed by atoms with Crippen LogP contribution in [0.1, 0.15) is 22.9 Å². The maximum absolute atomic E-state index is 13.9. The van der Waals surface area contributed by atoms with E-state index in [9.17, 15) is 4.39 Å². The monoisotopic (exact) mass is 327 g/mol. The lowest BCUT2D eigenvalue weighted by Crippen LogP contribution is -2.19. The number of aryl methyl sites for hydroxylation is 1. The number of hydrogen-bond acceptors (Lipinski definition) is 2. The van der Waals surface area contributed by atoms with Gasteiger partial charge in [0.15, 0.2) is 0 Å². The highest BCUT2D eigenvalue weighted by Crippen LogP contribution is 2.29. The summed E-state index contributed by atoms with van der Waals surface area (Å²) in [5.74, 6) is -0.157. The zero-order valence-electron chi connectivity index (χ0n) is 10.1. The number of nitrogens with one attached hydrogen (secondary N) is 1. The van der Waals surface area contributed by atoms with Gasteiger partial charge in [-0.05, 0) is 43.5 Å². The van der Waals surface area contributed by atoms with Gasteiger partial charge in [0.2, 0.25) is 0 Å². The Morgan fingerprint density at radius 2 is 2.17 bits per heavy atom. The van der Waals surface area contributed by atoms with E-state index in [4.69, 9.17) is 0 Å². The Bertz CT molecular complexity index is 478. The summed E-state index contributed by atoms with van der Waals surface area (Å²) in [4.78, 5) is 1.34. The highest BCUT2D eigenvalue weighted by molar-refractivity contribution is 9.10. The molecule has 0 aliphatic rings. The second-order valence-electron chi connectivity index (χ2n) is 4.09. The van der Waals surface area contributed by atoms with Crippen LogP contribution < -0.4 is 5.32 Å². The van der Waals surface area contributed by atoms with Gasteiger partial charge in [-0.15, -0.1) is 11.3 Å². The minimum atomic E-state index is -0.157. The smallest absolute Gasteiger partial charge is 0.129 e. The van der Waals surface area contributed by atoms with E-state index in [2.05, 4.69) is 32.7 Å². The lowest BCUT2D eigenvalue weighted by Gasteiger charge is -2.18. The van der Waals surface area contributed by atoms with Crippen LogP contribution in [-0.2, 0) is 6.42 Å². The Hall–Kier alpha value is -0.710. The van der Waals surface area contributed by atoms with Crippen molar-refractivity contribution in [2.45, 2.75) is 18.9 Å². The fourth-order valence-corrected chi connectivity index (χ4v) is 3.36. The van der Waals surface area contributed by atoms with E-state index in [1.807, 2.05) is 19.2 Å². The largest absolute Gasteiger partial charge is 0.313 e. The minimum absolute atomic E-state index is 0.0303. The van der Waals surface area contributed by atoms with Gasteiger partial charge in [0, 0.05) is 21.0 Å². The summed E-state index contributed by atoms with van der Waals surface area (Å²) in [6.07, 6.45) is 1.85. The molecule has 18 heavy (non-hydrogen) atoms. The van der Waals surface area contributed by atoms with Crippen molar-refractivity contribution in [3.63, 3.8) is 0 Å². The Morgan fingerprint density at radius 3 is 2.78 bits per heavy atom. The van der Waals surface area contributed by atoms with Crippen molar-refractivity contribution in [3.8, 4) is 0 Å². The zero-order valence-corrected chi connectivity index (χ0v) is 12.5. The SMILES string of the molecule is CNC(CCc1cccs1)c1c(F)cccc1Br. The molecule has 0 saturated carbocycles. The van der Waals surface area contributed by atoms with Crippen molar-refractivity contribution in [3.05, 3.63) is 56.4 Å². The molecular formula is C14H15BrFNS. The van der Waals surface area contributed by atoms with Crippen LogP contribution in [0.2, 0.25) is 0 Å². The Balaban J connectivity index is 2.13. The van der Waals surface area contributed by atoms with Crippen molar-refractivity contribution >= 4 is 27.3 Å². The number of halogens is 2. The third-order valence-corrected chi connectivity index (χ3v) is 4.58. The fraction of sp³-hybridized carbons (Fsp3) is 0.286. The molecule has 1 unspecified atom stereocenters. The molecule has 2 rings (SSSR count). The average molecular weight is 328 g/mol. The predicted octanol–water partition coefficient (Wildman–Crippen LogP) is 4.54. The lowest BCUT2D eigenvalue weighted by atomic mass is 10.0. The molecule has 0 aliphatic carbocycles. The first-order valence-electron chi connectivity index (χ1n) is 5.86.